The molecule has 0 aliphatic carbocycles. The van der Waals surface area contributed by atoms with E-state index in [1.807, 2.05) is 0 Å². The summed E-state index contributed by atoms with van der Waals surface area (Å²) in [5.41, 5.74) is 1.09. The summed E-state index contributed by atoms with van der Waals surface area (Å²) in [5.74, 6) is -0.673. The molecule has 0 radical (unpaired) electrons. The number of anilines is 2. The number of amides is 1. The Morgan fingerprint density at radius 3 is 2.90 bits per heavy atom. The standard InChI is InChI=1S/C16H24FN3O/c1-3-20-9-4-5-13(8-10-20)19-14-6-7-15(17)16(11-14)18-12(2)21/h6-7,11,13,19H,3-5,8-10H2,1-2H3,(H,18,21). The Kier molecular flexibility index (Phi) is 5.56. The van der Waals surface area contributed by atoms with Crippen LogP contribution in [0.2, 0.25) is 0 Å². The largest absolute Gasteiger partial charge is 0.382 e. The van der Waals surface area contributed by atoms with Crippen molar-refractivity contribution in [1.29, 1.82) is 0 Å². The van der Waals surface area contributed by atoms with Crippen LogP contribution < -0.4 is 10.6 Å². The van der Waals surface area contributed by atoms with Crippen LogP contribution in [0, 0.1) is 5.82 Å². The summed E-state index contributed by atoms with van der Waals surface area (Å²) < 4.78 is 13.6. The first-order valence-electron chi connectivity index (χ1n) is 7.64. The van der Waals surface area contributed by atoms with E-state index in [1.165, 1.54) is 19.4 Å². The second kappa shape index (κ2) is 7.41. The predicted octanol–water partition coefficient (Wildman–Crippen LogP) is 3.07. The number of hydrogen-bond donors (Lipinski definition) is 2. The van der Waals surface area contributed by atoms with Crippen LogP contribution in [-0.4, -0.2) is 36.5 Å². The molecule has 1 aromatic rings. The van der Waals surface area contributed by atoms with Crippen molar-refractivity contribution in [3.63, 3.8) is 0 Å². The van der Waals surface area contributed by atoms with Crippen LogP contribution in [0.15, 0.2) is 18.2 Å². The number of nitrogens with zero attached hydrogens (tertiary/aromatic N) is 1. The number of carbonyl (C=O) groups is 1. The minimum Gasteiger partial charge on any atom is -0.382 e. The second-order valence-electron chi connectivity index (χ2n) is 5.58. The molecule has 1 atom stereocenters. The summed E-state index contributed by atoms with van der Waals surface area (Å²) in [6, 6.07) is 5.18. The van der Waals surface area contributed by atoms with Gasteiger partial charge in [-0.1, -0.05) is 6.92 Å². The second-order valence-corrected chi connectivity index (χ2v) is 5.58. The number of halogens is 1. The zero-order chi connectivity index (χ0) is 15.2. The van der Waals surface area contributed by atoms with E-state index in [-0.39, 0.29) is 11.6 Å². The molecule has 1 unspecified atom stereocenters. The number of benzene rings is 1. The molecular formula is C16H24FN3O. The fourth-order valence-electron chi connectivity index (χ4n) is 2.75. The van der Waals surface area contributed by atoms with Gasteiger partial charge in [-0.2, -0.15) is 0 Å². The first-order chi connectivity index (χ1) is 10.1. The Hall–Kier alpha value is -1.62. The quantitative estimate of drug-likeness (QED) is 0.896. The van der Waals surface area contributed by atoms with Crippen molar-refractivity contribution < 1.29 is 9.18 Å². The highest BCUT2D eigenvalue weighted by Crippen LogP contribution is 2.22. The normalized spacial score (nSPS) is 19.9. The van der Waals surface area contributed by atoms with E-state index in [0.29, 0.717) is 6.04 Å². The van der Waals surface area contributed by atoms with Crippen LogP contribution >= 0.6 is 0 Å². The lowest BCUT2D eigenvalue weighted by molar-refractivity contribution is -0.114. The van der Waals surface area contributed by atoms with Crippen molar-refractivity contribution in [2.24, 2.45) is 0 Å². The number of nitrogens with one attached hydrogen (secondary N) is 2. The first kappa shape index (κ1) is 15.8. The summed E-state index contributed by atoms with van der Waals surface area (Å²) in [6.45, 7) is 6.90. The van der Waals surface area contributed by atoms with Crippen LogP contribution in [0.5, 0.6) is 0 Å². The fraction of sp³-hybridized carbons (Fsp3) is 0.562. The number of likely N-dealkylation sites (tertiary alicyclic amines) is 1. The third kappa shape index (κ3) is 4.70. The molecule has 21 heavy (non-hydrogen) atoms. The minimum atomic E-state index is -0.409. The van der Waals surface area contributed by atoms with Crippen LogP contribution in [0.3, 0.4) is 0 Å². The third-order valence-corrected chi connectivity index (χ3v) is 3.92. The Bertz CT molecular complexity index is 492. The van der Waals surface area contributed by atoms with E-state index < -0.39 is 5.82 Å². The monoisotopic (exact) mass is 293 g/mol. The zero-order valence-electron chi connectivity index (χ0n) is 12.8. The minimum absolute atomic E-state index is 0.233. The van der Waals surface area contributed by atoms with Crippen molar-refractivity contribution in [2.75, 3.05) is 30.3 Å². The van der Waals surface area contributed by atoms with Crippen LogP contribution in [0.4, 0.5) is 15.8 Å². The molecule has 1 saturated heterocycles. The number of hydrogen-bond acceptors (Lipinski definition) is 3. The van der Waals surface area contributed by atoms with Crippen molar-refractivity contribution in [2.45, 2.75) is 39.2 Å². The topological polar surface area (TPSA) is 44.4 Å². The van der Waals surface area contributed by atoms with Crippen molar-refractivity contribution in [1.82, 2.24) is 4.90 Å². The van der Waals surface area contributed by atoms with E-state index in [1.54, 1.807) is 12.1 Å². The molecule has 1 amide bonds. The van der Waals surface area contributed by atoms with E-state index in [0.717, 1.165) is 38.2 Å². The highest BCUT2D eigenvalue weighted by molar-refractivity contribution is 5.89. The summed E-state index contributed by atoms with van der Waals surface area (Å²) in [6.07, 6.45) is 3.37. The SMILES string of the molecule is CCN1CCCC(Nc2ccc(F)c(NC(C)=O)c2)CC1. The first-order valence-corrected chi connectivity index (χ1v) is 7.64. The molecule has 5 heteroatoms. The van der Waals surface area contributed by atoms with Gasteiger partial charge in [0.25, 0.3) is 0 Å². The highest BCUT2D eigenvalue weighted by atomic mass is 19.1. The molecule has 2 rings (SSSR count). The molecule has 2 N–H and O–H groups in total. The van der Waals surface area contributed by atoms with E-state index in [4.69, 9.17) is 0 Å². The Labute approximate surface area is 125 Å². The molecule has 4 nitrogen and oxygen atoms in total. The smallest absolute Gasteiger partial charge is 0.221 e. The van der Waals surface area contributed by atoms with E-state index in [2.05, 4.69) is 22.5 Å². The third-order valence-electron chi connectivity index (χ3n) is 3.92. The van der Waals surface area contributed by atoms with Gasteiger partial charge in [0.1, 0.15) is 5.82 Å². The molecule has 0 bridgehead atoms. The average Bonchev–Trinajstić information content (AvgIpc) is 2.67. The summed E-state index contributed by atoms with van der Waals surface area (Å²) in [5, 5.41) is 5.98. The van der Waals surface area contributed by atoms with Gasteiger partial charge in [0.2, 0.25) is 5.91 Å². The maximum Gasteiger partial charge on any atom is 0.221 e. The Morgan fingerprint density at radius 1 is 1.38 bits per heavy atom. The molecule has 0 saturated carbocycles. The van der Waals surface area contributed by atoms with Gasteiger partial charge in [-0.3, -0.25) is 4.79 Å². The van der Waals surface area contributed by atoms with Crippen molar-refractivity contribution in [3.8, 4) is 0 Å². The molecule has 116 valence electrons. The van der Waals surface area contributed by atoms with E-state index in [9.17, 15) is 9.18 Å². The van der Waals surface area contributed by atoms with Crippen LogP contribution in [0.25, 0.3) is 0 Å². The fourth-order valence-corrected chi connectivity index (χ4v) is 2.75. The average molecular weight is 293 g/mol. The predicted molar refractivity (Wildman–Crippen MR) is 84.1 cm³/mol. The van der Waals surface area contributed by atoms with Crippen molar-refractivity contribution >= 4 is 17.3 Å². The van der Waals surface area contributed by atoms with Gasteiger partial charge < -0.3 is 15.5 Å². The van der Waals surface area contributed by atoms with Crippen LogP contribution in [-0.2, 0) is 4.79 Å². The summed E-state index contributed by atoms with van der Waals surface area (Å²) >= 11 is 0. The molecule has 1 aliphatic rings. The Balaban J connectivity index is 2.00. The molecule has 1 fully saturated rings. The summed E-state index contributed by atoms with van der Waals surface area (Å²) in [7, 11) is 0. The van der Waals surface area contributed by atoms with Gasteiger partial charge in [0.05, 0.1) is 5.69 Å². The zero-order valence-corrected chi connectivity index (χ0v) is 12.8. The van der Waals surface area contributed by atoms with Gasteiger partial charge in [-0.25, -0.2) is 4.39 Å². The van der Waals surface area contributed by atoms with Gasteiger partial charge in [-0.05, 0) is 50.6 Å². The molecule has 0 spiro atoms. The number of rotatable bonds is 4. The molecule has 1 aliphatic heterocycles. The highest BCUT2D eigenvalue weighted by Gasteiger charge is 2.16. The van der Waals surface area contributed by atoms with Crippen LogP contribution in [0.1, 0.15) is 33.1 Å². The Morgan fingerprint density at radius 2 is 2.19 bits per heavy atom. The maximum atomic E-state index is 13.6. The van der Waals surface area contributed by atoms with Gasteiger partial charge >= 0.3 is 0 Å². The number of carbonyl (C=O) groups excluding carboxylic acids is 1. The maximum absolute atomic E-state index is 13.6. The van der Waals surface area contributed by atoms with E-state index >= 15 is 0 Å². The molecule has 0 aromatic heterocycles. The molecular weight excluding hydrogens is 269 g/mol. The lowest BCUT2D eigenvalue weighted by Gasteiger charge is -2.19. The lowest BCUT2D eigenvalue weighted by atomic mass is 10.1. The lowest BCUT2D eigenvalue weighted by Crippen LogP contribution is -2.26. The molecule has 1 aromatic carbocycles. The van der Waals surface area contributed by atoms with Gasteiger partial charge in [-0.15, -0.1) is 0 Å². The summed E-state index contributed by atoms with van der Waals surface area (Å²) in [4.78, 5) is 13.5. The van der Waals surface area contributed by atoms with Gasteiger partial charge in [0.15, 0.2) is 0 Å². The molecule has 1 heterocycles. The van der Waals surface area contributed by atoms with Crippen molar-refractivity contribution in [3.05, 3.63) is 24.0 Å². The van der Waals surface area contributed by atoms with Gasteiger partial charge in [0, 0.05) is 25.2 Å².